The van der Waals surface area contributed by atoms with Crippen LogP contribution in [0.4, 0.5) is 26.1 Å². The highest BCUT2D eigenvalue weighted by atomic mass is 32.2. The van der Waals surface area contributed by atoms with Gasteiger partial charge in [-0.3, -0.25) is 4.68 Å². The summed E-state index contributed by atoms with van der Waals surface area (Å²) in [4.78, 5) is 15.8. The molecule has 0 spiro atoms. The normalized spacial score (nSPS) is 22.0. The smallest absolute Gasteiger partial charge is 0.272 e. The van der Waals surface area contributed by atoms with E-state index in [2.05, 4.69) is 63.2 Å². The molecule has 2 fully saturated rings. The summed E-state index contributed by atoms with van der Waals surface area (Å²) in [5, 5.41) is 9.40. The highest BCUT2D eigenvalue weighted by Crippen LogP contribution is 2.52. The van der Waals surface area contributed by atoms with Crippen LogP contribution in [0.3, 0.4) is 0 Å². The molecule has 210 valence electrons. The van der Waals surface area contributed by atoms with E-state index in [0.717, 1.165) is 16.5 Å². The van der Waals surface area contributed by atoms with E-state index in [1.807, 2.05) is 12.3 Å². The summed E-state index contributed by atoms with van der Waals surface area (Å²) in [6.07, 6.45) is 7.57. The molecule has 1 saturated carbocycles. The van der Waals surface area contributed by atoms with Gasteiger partial charge in [0.05, 0.1) is 17.5 Å². The Morgan fingerprint density at radius 2 is 1.90 bits per heavy atom. The molecule has 6 rings (SSSR count). The van der Waals surface area contributed by atoms with Crippen LogP contribution in [0.1, 0.15) is 44.7 Å². The van der Waals surface area contributed by atoms with E-state index >= 15 is 0 Å². The second kappa shape index (κ2) is 9.46. The van der Waals surface area contributed by atoms with E-state index in [4.69, 9.17) is 0 Å². The summed E-state index contributed by atoms with van der Waals surface area (Å²) in [5.41, 5.74) is 2.78. The van der Waals surface area contributed by atoms with Crippen LogP contribution in [-0.2, 0) is 9.84 Å². The van der Waals surface area contributed by atoms with Crippen LogP contribution in [0.15, 0.2) is 49.1 Å². The Morgan fingerprint density at radius 3 is 2.58 bits per heavy atom. The highest BCUT2D eigenvalue weighted by Gasteiger charge is 2.59. The van der Waals surface area contributed by atoms with Crippen LogP contribution >= 0.6 is 0 Å². The van der Waals surface area contributed by atoms with E-state index in [-0.39, 0.29) is 30.1 Å². The van der Waals surface area contributed by atoms with Crippen LogP contribution in [0.25, 0.3) is 22.2 Å². The van der Waals surface area contributed by atoms with Gasteiger partial charge in [0.15, 0.2) is 5.82 Å². The van der Waals surface area contributed by atoms with Crippen LogP contribution in [-0.4, -0.2) is 63.7 Å². The summed E-state index contributed by atoms with van der Waals surface area (Å²) in [5.74, 6) is -0.645. The van der Waals surface area contributed by atoms with Crippen molar-refractivity contribution in [1.29, 1.82) is 0 Å². The van der Waals surface area contributed by atoms with Gasteiger partial charge in [-0.25, -0.2) is 32.2 Å². The quantitative estimate of drug-likeness (QED) is 0.310. The maximum absolute atomic E-state index is 13.4. The third-order valence-corrected chi connectivity index (χ3v) is 8.88. The van der Waals surface area contributed by atoms with Gasteiger partial charge in [-0.05, 0) is 42.0 Å². The zero-order valence-electron chi connectivity index (χ0n) is 22.7. The number of nitrogens with one attached hydrogen (secondary N) is 1. The minimum atomic E-state index is -3.04. The first-order valence-corrected chi connectivity index (χ1v) is 15.3. The number of nitrogens with zero attached hydrogens (tertiary/aromatic N) is 6. The van der Waals surface area contributed by atoms with Gasteiger partial charge in [0.1, 0.15) is 27.5 Å². The molecule has 9 nitrogen and oxygen atoms in total. The zero-order chi connectivity index (χ0) is 28.4. The van der Waals surface area contributed by atoms with Crippen LogP contribution in [0.2, 0.25) is 0 Å². The van der Waals surface area contributed by atoms with E-state index < -0.39 is 21.8 Å². The molecule has 3 aromatic heterocycles. The van der Waals surface area contributed by atoms with Gasteiger partial charge in [-0.2, -0.15) is 5.10 Å². The maximum Gasteiger partial charge on any atom is 0.272 e. The molecule has 12 heteroatoms. The zero-order valence-corrected chi connectivity index (χ0v) is 23.5. The molecule has 0 amide bonds. The first kappa shape index (κ1) is 26.5. The lowest BCUT2D eigenvalue weighted by Gasteiger charge is -2.48. The minimum Gasteiger partial charge on any atom is -0.368 e. The third kappa shape index (κ3) is 5.00. The Labute approximate surface area is 231 Å². The average Bonchev–Trinajstić information content (AvgIpc) is 3.28. The minimum absolute atomic E-state index is 0.101. The number of hydrogen-bond acceptors (Lipinski definition) is 8. The number of anilines is 3. The van der Waals surface area contributed by atoms with Crippen molar-refractivity contribution in [3.8, 4) is 11.4 Å². The lowest BCUT2D eigenvalue weighted by Crippen LogP contribution is -2.57. The van der Waals surface area contributed by atoms with Crippen molar-refractivity contribution in [3.05, 3.63) is 54.6 Å². The Morgan fingerprint density at radius 1 is 1.12 bits per heavy atom. The molecule has 2 aliphatic rings. The lowest BCUT2D eigenvalue weighted by molar-refractivity contribution is 0.0983. The van der Waals surface area contributed by atoms with E-state index in [1.165, 1.54) is 22.7 Å². The predicted octanol–water partition coefficient (Wildman–Crippen LogP) is 5.20. The number of rotatable bonds is 8. The van der Waals surface area contributed by atoms with Gasteiger partial charge in [-0.1, -0.05) is 19.9 Å². The molecular formula is C28H31F2N7O2S. The number of benzene rings is 1. The topological polar surface area (TPSA) is 106 Å². The van der Waals surface area contributed by atoms with Crippen molar-refractivity contribution in [2.45, 2.75) is 51.1 Å². The molecule has 1 aliphatic heterocycles. The highest BCUT2D eigenvalue weighted by molar-refractivity contribution is 7.90. The van der Waals surface area contributed by atoms with Gasteiger partial charge in [-0.15, -0.1) is 0 Å². The monoisotopic (exact) mass is 567 g/mol. The Bertz CT molecular complexity index is 1710. The van der Waals surface area contributed by atoms with E-state index in [1.54, 1.807) is 18.5 Å². The number of halogens is 2. The first-order chi connectivity index (χ1) is 18.9. The Balaban J connectivity index is 1.27. The Hall–Kier alpha value is -3.67. The summed E-state index contributed by atoms with van der Waals surface area (Å²) >= 11 is 0. The number of fused-ring (bicyclic) bond motifs is 1. The standard InChI is InChI=1S/C28H31F2N7O2S/c1-16(2)20-5-6-23(36-13-19(17(36)3)15-40(4,38)39)22-12-32-26(9-21(20)22)34-25-7-8-31-27(35-25)18-11-33-37(14-18)24-10-28(24,29)30/h5-9,11-12,14,16-17,19,24H,10,13,15H2,1-4H3,(H,31,32,34,35)/t17-,19-,24?/m1/s1. The van der Waals surface area contributed by atoms with Gasteiger partial charge in [0.2, 0.25) is 0 Å². The number of pyridine rings is 1. The molecular weight excluding hydrogens is 536 g/mol. The number of hydrogen-bond donors (Lipinski definition) is 1. The summed E-state index contributed by atoms with van der Waals surface area (Å²) in [6, 6.07) is 7.16. The van der Waals surface area contributed by atoms with Crippen molar-refractivity contribution in [3.63, 3.8) is 0 Å². The van der Waals surface area contributed by atoms with Crippen molar-refractivity contribution in [2.24, 2.45) is 5.92 Å². The Kier molecular flexibility index (Phi) is 6.28. The van der Waals surface area contributed by atoms with Crippen molar-refractivity contribution in [1.82, 2.24) is 24.7 Å². The molecule has 1 aliphatic carbocycles. The SMILES string of the molecule is CC(C)c1ccc(N2C[C@H](CS(C)(=O)=O)[C@H]2C)c2cnc(Nc3ccnc(-c4cnn(C5CC5(F)F)c4)n3)cc12. The molecule has 4 heterocycles. The molecule has 0 radical (unpaired) electrons. The molecule has 1 unspecified atom stereocenters. The molecule has 3 atom stereocenters. The van der Waals surface area contributed by atoms with Crippen LogP contribution in [0.5, 0.6) is 0 Å². The van der Waals surface area contributed by atoms with Crippen molar-refractivity contribution < 1.29 is 17.2 Å². The summed E-state index contributed by atoms with van der Waals surface area (Å²) in [6.45, 7) is 7.04. The number of alkyl halides is 2. The van der Waals surface area contributed by atoms with Gasteiger partial charge < -0.3 is 10.2 Å². The average molecular weight is 568 g/mol. The molecule has 1 saturated heterocycles. The van der Waals surface area contributed by atoms with Crippen molar-refractivity contribution in [2.75, 3.05) is 28.8 Å². The molecule has 40 heavy (non-hydrogen) atoms. The summed E-state index contributed by atoms with van der Waals surface area (Å²) < 4.78 is 51.8. The fourth-order valence-electron chi connectivity index (χ4n) is 5.46. The second-order valence-corrected chi connectivity index (χ2v) is 13.5. The van der Waals surface area contributed by atoms with Gasteiger partial charge in [0, 0.05) is 60.8 Å². The molecule has 1 aromatic carbocycles. The largest absolute Gasteiger partial charge is 0.368 e. The van der Waals surface area contributed by atoms with E-state index in [9.17, 15) is 17.2 Å². The van der Waals surface area contributed by atoms with E-state index in [0.29, 0.717) is 29.6 Å². The van der Waals surface area contributed by atoms with Gasteiger partial charge in [0.25, 0.3) is 5.92 Å². The molecule has 4 aromatic rings. The fraction of sp³-hybridized carbons (Fsp3) is 0.429. The van der Waals surface area contributed by atoms with Gasteiger partial charge >= 0.3 is 0 Å². The molecule has 1 N–H and O–H groups in total. The third-order valence-electron chi connectivity index (χ3n) is 7.85. The first-order valence-electron chi connectivity index (χ1n) is 13.3. The van der Waals surface area contributed by atoms with Crippen molar-refractivity contribution >= 4 is 37.9 Å². The lowest BCUT2D eigenvalue weighted by atomic mass is 9.88. The van der Waals surface area contributed by atoms with Crippen LogP contribution in [0, 0.1) is 5.92 Å². The van der Waals surface area contributed by atoms with Crippen LogP contribution < -0.4 is 10.2 Å². The maximum atomic E-state index is 13.4. The fourth-order valence-corrected chi connectivity index (χ4v) is 6.63. The second-order valence-electron chi connectivity index (χ2n) is 11.3. The molecule has 0 bridgehead atoms. The predicted molar refractivity (Wildman–Crippen MR) is 151 cm³/mol. The summed E-state index contributed by atoms with van der Waals surface area (Å²) in [7, 11) is -3.04. The number of sulfone groups is 1. The number of aromatic nitrogens is 5.